The number of anilines is 1. The van der Waals surface area contributed by atoms with Crippen LogP contribution in [0.2, 0.25) is 0 Å². The number of carboxylic acids is 1. The molecule has 0 aromatic heterocycles. The average Bonchev–Trinajstić information content (AvgIpc) is 2.90. The zero-order chi connectivity index (χ0) is 28.0. The number of aliphatic carboxylic acids is 1. The fourth-order valence-corrected chi connectivity index (χ4v) is 3.81. The fourth-order valence-electron chi connectivity index (χ4n) is 3.81. The Morgan fingerprint density at radius 1 is 1.00 bits per heavy atom. The van der Waals surface area contributed by atoms with E-state index in [0.717, 1.165) is 17.0 Å². The minimum absolute atomic E-state index is 0.0608. The average molecular weight is 544 g/mol. The molecule has 0 aliphatic carbocycles. The van der Waals surface area contributed by atoms with E-state index in [0.29, 0.717) is 28.8 Å². The van der Waals surface area contributed by atoms with Crippen LogP contribution < -0.4 is 19.1 Å². The number of carbonyl (C=O) groups excluding carboxylic acids is 2. The number of para-hydroxylation sites is 2. The van der Waals surface area contributed by atoms with Gasteiger partial charge in [0.1, 0.15) is 30.4 Å². The highest BCUT2D eigenvalue weighted by atomic mass is 19.4. The molecule has 1 aliphatic heterocycles. The smallest absolute Gasteiger partial charge is 0.416 e. The third-order valence-corrected chi connectivity index (χ3v) is 5.64. The van der Waals surface area contributed by atoms with Crippen molar-refractivity contribution in [2.75, 3.05) is 31.2 Å². The van der Waals surface area contributed by atoms with Gasteiger partial charge in [0.25, 0.3) is 5.91 Å². The number of hydrogen-bond acceptors (Lipinski definition) is 6. The first-order chi connectivity index (χ1) is 18.6. The molecule has 1 heterocycles. The van der Waals surface area contributed by atoms with Crippen LogP contribution in [0.25, 0.3) is 0 Å². The van der Waals surface area contributed by atoms with E-state index in [4.69, 9.17) is 14.2 Å². The SMILES string of the molecule is O=C(O)CN(Cc1ccc(OCCN2C(=O)COc3ccccc32)cc1)C(=O)Oc1cccc(C(F)(F)F)c1. The molecule has 0 bridgehead atoms. The Kier molecular flexibility index (Phi) is 8.23. The van der Waals surface area contributed by atoms with Gasteiger partial charge in [0.15, 0.2) is 6.61 Å². The number of benzene rings is 3. The Bertz CT molecular complexity index is 1350. The number of amides is 2. The summed E-state index contributed by atoms with van der Waals surface area (Å²) in [6.45, 7) is -0.494. The minimum atomic E-state index is -4.63. The molecule has 3 aromatic rings. The summed E-state index contributed by atoms with van der Waals surface area (Å²) >= 11 is 0. The molecule has 39 heavy (non-hydrogen) atoms. The second kappa shape index (κ2) is 11.8. The van der Waals surface area contributed by atoms with Crippen LogP contribution in [0, 0.1) is 0 Å². The van der Waals surface area contributed by atoms with Gasteiger partial charge < -0.3 is 24.2 Å². The van der Waals surface area contributed by atoms with Crippen LogP contribution >= 0.6 is 0 Å². The molecule has 0 spiro atoms. The van der Waals surface area contributed by atoms with Crippen LogP contribution in [0.5, 0.6) is 17.2 Å². The Morgan fingerprint density at radius 3 is 2.46 bits per heavy atom. The molecule has 9 nitrogen and oxygen atoms in total. The summed E-state index contributed by atoms with van der Waals surface area (Å²) in [5.74, 6) is -0.795. The van der Waals surface area contributed by atoms with Gasteiger partial charge in [0.05, 0.1) is 17.8 Å². The number of rotatable bonds is 9. The molecule has 0 saturated carbocycles. The van der Waals surface area contributed by atoms with Crippen molar-refractivity contribution in [3.05, 3.63) is 83.9 Å². The summed E-state index contributed by atoms with van der Waals surface area (Å²) in [4.78, 5) is 38.6. The van der Waals surface area contributed by atoms with Crippen molar-refractivity contribution >= 4 is 23.7 Å². The molecule has 204 valence electrons. The van der Waals surface area contributed by atoms with Crippen molar-refractivity contribution in [2.45, 2.75) is 12.7 Å². The molecule has 3 aromatic carbocycles. The maximum absolute atomic E-state index is 12.9. The maximum atomic E-state index is 12.9. The van der Waals surface area contributed by atoms with Crippen molar-refractivity contribution < 1.29 is 46.9 Å². The van der Waals surface area contributed by atoms with Crippen LogP contribution in [-0.2, 0) is 22.3 Å². The monoisotopic (exact) mass is 544 g/mol. The van der Waals surface area contributed by atoms with Crippen LogP contribution in [0.15, 0.2) is 72.8 Å². The Morgan fingerprint density at radius 2 is 1.74 bits per heavy atom. The zero-order valence-corrected chi connectivity index (χ0v) is 20.4. The molecule has 0 atom stereocenters. The standard InChI is InChI=1S/C27H23F3N2O7/c28-27(29,30)19-4-3-5-21(14-19)39-26(36)31(16-25(34)35)15-18-8-10-20(11-9-18)37-13-12-32-22-6-1-2-7-23(22)38-17-24(32)33/h1-11,14H,12-13,15-17H2,(H,34,35). The Balaban J connectivity index is 1.35. The number of alkyl halides is 3. The van der Waals surface area contributed by atoms with Gasteiger partial charge in [-0.05, 0) is 48.0 Å². The van der Waals surface area contributed by atoms with Crippen LogP contribution in [-0.4, -0.2) is 54.3 Å². The first-order valence-corrected chi connectivity index (χ1v) is 11.7. The molecule has 0 fully saturated rings. The fraction of sp³-hybridized carbons (Fsp3) is 0.222. The molecule has 0 saturated heterocycles. The molecule has 1 aliphatic rings. The van der Waals surface area contributed by atoms with Gasteiger partial charge in [-0.25, -0.2) is 4.79 Å². The molecule has 1 N–H and O–H groups in total. The highest BCUT2D eigenvalue weighted by Crippen LogP contribution is 2.32. The van der Waals surface area contributed by atoms with Crippen molar-refractivity contribution in [3.63, 3.8) is 0 Å². The lowest BCUT2D eigenvalue weighted by Crippen LogP contribution is -2.41. The van der Waals surface area contributed by atoms with Gasteiger partial charge in [0, 0.05) is 6.54 Å². The highest BCUT2D eigenvalue weighted by Gasteiger charge is 2.31. The van der Waals surface area contributed by atoms with E-state index >= 15 is 0 Å². The van der Waals surface area contributed by atoms with E-state index < -0.39 is 30.3 Å². The minimum Gasteiger partial charge on any atom is -0.492 e. The number of hydrogen-bond donors (Lipinski definition) is 1. The number of halogens is 3. The van der Waals surface area contributed by atoms with Gasteiger partial charge in [0.2, 0.25) is 0 Å². The van der Waals surface area contributed by atoms with Gasteiger partial charge in [-0.3, -0.25) is 14.5 Å². The quantitative estimate of drug-likeness (QED) is 0.420. The predicted molar refractivity (Wildman–Crippen MR) is 132 cm³/mol. The lowest BCUT2D eigenvalue weighted by Gasteiger charge is -2.29. The highest BCUT2D eigenvalue weighted by molar-refractivity contribution is 5.97. The first-order valence-electron chi connectivity index (χ1n) is 11.7. The van der Waals surface area contributed by atoms with Gasteiger partial charge in [-0.2, -0.15) is 13.2 Å². The van der Waals surface area contributed by atoms with Crippen LogP contribution in [0.1, 0.15) is 11.1 Å². The molecular formula is C27H23F3N2O7. The van der Waals surface area contributed by atoms with Gasteiger partial charge >= 0.3 is 18.2 Å². The second-order valence-electron chi connectivity index (χ2n) is 8.44. The largest absolute Gasteiger partial charge is 0.492 e. The zero-order valence-electron chi connectivity index (χ0n) is 20.4. The van der Waals surface area contributed by atoms with Gasteiger partial charge in [-0.15, -0.1) is 0 Å². The van der Waals surface area contributed by atoms with E-state index in [1.165, 1.54) is 6.07 Å². The summed E-state index contributed by atoms with van der Waals surface area (Å²) in [6.07, 6.45) is -5.75. The predicted octanol–water partition coefficient (Wildman–Crippen LogP) is 4.60. The lowest BCUT2D eigenvalue weighted by molar-refractivity contribution is -0.138. The number of ether oxygens (including phenoxy) is 3. The third kappa shape index (κ3) is 7.18. The summed E-state index contributed by atoms with van der Waals surface area (Å²) in [5.41, 5.74) is 0.181. The Labute approximate surface area is 220 Å². The van der Waals surface area contributed by atoms with Crippen molar-refractivity contribution in [3.8, 4) is 17.2 Å². The number of carboxylic acid groups (broad SMARTS) is 1. The molecule has 2 amide bonds. The normalized spacial score (nSPS) is 12.8. The van der Waals surface area contributed by atoms with Crippen molar-refractivity contribution in [2.24, 2.45) is 0 Å². The van der Waals surface area contributed by atoms with E-state index in [1.807, 2.05) is 6.07 Å². The van der Waals surface area contributed by atoms with Gasteiger partial charge in [-0.1, -0.05) is 30.3 Å². The summed E-state index contributed by atoms with van der Waals surface area (Å²) in [5, 5.41) is 9.20. The summed E-state index contributed by atoms with van der Waals surface area (Å²) < 4.78 is 55.0. The van der Waals surface area contributed by atoms with E-state index in [2.05, 4.69) is 0 Å². The van der Waals surface area contributed by atoms with Crippen LogP contribution in [0.4, 0.5) is 23.7 Å². The maximum Gasteiger partial charge on any atom is 0.416 e. The van der Waals surface area contributed by atoms with Crippen LogP contribution in [0.3, 0.4) is 0 Å². The number of carbonyl (C=O) groups is 3. The number of fused-ring (bicyclic) bond motifs is 1. The van der Waals surface area contributed by atoms with Crippen molar-refractivity contribution in [1.29, 1.82) is 0 Å². The molecule has 0 unspecified atom stereocenters. The molecule has 0 radical (unpaired) electrons. The first kappa shape index (κ1) is 27.3. The second-order valence-corrected chi connectivity index (χ2v) is 8.44. The molecule has 12 heteroatoms. The molecule has 4 rings (SSSR count). The molecular weight excluding hydrogens is 521 g/mol. The van der Waals surface area contributed by atoms with Crippen molar-refractivity contribution in [1.82, 2.24) is 4.90 Å². The topological polar surface area (TPSA) is 106 Å². The lowest BCUT2D eigenvalue weighted by atomic mass is 10.2. The van der Waals surface area contributed by atoms with E-state index in [-0.39, 0.29) is 38.0 Å². The summed E-state index contributed by atoms with van der Waals surface area (Å²) in [6, 6.07) is 17.3. The Hall–Kier alpha value is -4.74. The van der Waals surface area contributed by atoms with E-state index in [9.17, 15) is 32.7 Å². The number of nitrogens with zero attached hydrogens (tertiary/aromatic N) is 2. The summed E-state index contributed by atoms with van der Waals surface area (Å²) in [7, 11) is 0. The van der Waals surface area contributed by atoms with E-state index in [1.54, 1.807) is 47.4 Å². The third-order valence-electron chi connectivity index (χ3n) is 5.64.